The van der Waals surface area contributed by atoms with E-state index in [2.05, 4.69) is 18.9 Å². The predicted octanol–water partition coefficient (Wildman–Crippen LogP) is 2.96. The molecule has 0 spiro atoms. The van der Waals surface area contributed by atoms with Crippen molar-refractivity contribution < 1.29 is 0 Å². The average molecular weight is 197 g/mol. The summed E-state index contributed by atoms with van der Waals surface area (Å²) in [5, 5.41) is 2.39. The van der Waals surface area contributed by atoms with Crippen LogP contribution in [0.25, 0.3) is 0 Å². The molecule has 0 unspecified atom stereocenters. The van der Waals surface area contributed by atoms with Crippen LogP contribution in [0.3, 0.4) is 0 Å². The van der Waals surface area contributed by atoms with Crippen LogP contribution >= 0.6 is 0 Å². The minimum absolute atomic E-state index is 0.771. The average Bonchev–Trinajstić information content (AvgIpc) is 2.71. The Morgan fingerprint density at radius 3 is 2.43 bits per heavy atom. The maximum atomic E-state index is 4.70. The van der Waals surface area contributed by atoms with Crippen LogP contribution in [-0.2, 0) is 0 Å². The van der Waals surface area contributed by atoms with Gasteiger partial charge in [0.25, 0.3) is 0 Å². The van der Waals surface area contributed by atoms with E-state index in [0.717, 1.165) is 12.6 Å². The molecule has 1 saturated carbocycles. The quantitative estimate of drug-likeness (QED) is 0.574. The molecule has 1 aliphatic carbocycles. The van der Waals surface area contributed by atoms with Crippen molar-refractivity contribution in [2.24, 2.45) is 0 Å². The van der Waals surface area contributed by atoms with Gasteiger partial charge in [0, 0.05) is 19.1 Å². The SMILES string of the molecule is CCCCN([N]CCC)C1CCCC1. The van der Waals surface area contributed by atoms with Crippen LogP contribution in [0.5, 0.6) is 0 Å². The smallest absolute Gasteiger partial charge is 0.0304 e. The zero-order valence-electron chi connectivity index (χ0n) is 9.84. The standard InChI is InChI=1S/C12H25N2/c1-3-5-11-14(13-10-4-2)12-8-6-7-9-12/h12H,3-11H2,1-2H3. The second-order valence-electron chi connectivity index (χ2n) is 4.32. The molecule has 1 rings (SSSR count). The van der Waals surface area contributed by atoms with Crippen LogP contribution in [0.1, 0.15) is 58.8 Å². The Morgan fingerprint density at radius 1 is 1.14 bits per heavy atom. The van der Waals surface area contributed by atoms with Crippen LogP contribution < -0.4 is 5.43 Å². The summed E-state index contributed by atoms with van der Waals surface area (Å²) in [7, 11) is 0. The van der Waals surface area contributed by atoms with Gasteiger partial charge in [0.05, 0.1) is 0 Å². The first-order valence-corrected chi connectivity index (χ1v) is 6.32. The predicted molar refractivity (Wildman–Crippen MR) is 61.2 cm³/mol. The number of nitrogens with zero attached hydrogens (tertiary/aromatic N) is 2. The Morgan fingerprint density at radius 2 is 1.86 bits per heavy atom. The molecule has 0 saturated heterocycles. The van der Waals surface area contributed by atoms with Crippen molar-refractivity contribution in [2.75, 3.05) is 13.1 Å². The molecule has 0 amide bonds. The summed E-state index contributed by atoms with van der Waals surface area (Å²) in [5.41, 5.74) is 4.70. The Hall–Kier alpha value is -0.0800. The third-order valence-corrected chi connectivity index (χ3v) is 2.99. The van der Waals surface area contributed by atoms with E-state index in [-0.39, 0.29) is 0 Å². The summed E-state index contributed by atoms with van der Waals surface area (Å²) in [6.45, 7) is 6.66. The minimum atomic E-state index is 0.771. The lowest BCUT2D eigenvalue weighted by Gasteiger charge is -2.27. The van der Waals surface area contributed by atoms with Crippen molar-refractivity contribution in [3.63, 3.8) is 0 Å². The molecule has 83 valence electrons. The number of rotatable bonds is 7. The molecule has 0 aromatic heterocycles. The molecular weight excluding hydrogens is 172 g/mol. The highest BCUT2D eigenvalue weighted by Crippen LogP contribution is 2.22. The highest BCUT2D eigenvalue weighted by Gasteiger charge is 2.22. The lowest BCUT2D eigenvalue weighted by atomic mass is 10.2. The van der Waals surface area contributed by atoms with E-state index in [1.165, 1.54) is 51.5 Å². The third kappa shape index (κ3) is 3.97. The first-order valence-electron chi connectivity index (χ1n) is 6.32. The van der Waals surface area contributed by atoms with Crippen molar-refractivity contribution in [2.45, 2.75) is 64.8 Å². The number of hydrogen-bond donors (Lipinski definition) is 0. The molecule has 1 aliphatic rings. The topological polar surface area (TPSA) is 17.3 Å². The summed E-state index contributed by atoms with van der Waals surface area (Å²) < 4.78 is 0. The van der Waals surface area contributed by atoms with Gasteiger partial charge in [0.15, 0.2) is 0 Å². The molecule has 0 atom stereocenters. The number of unbranched alkanes of at least 4 members (excludes halogenated alkanes) is 1. The van der Waals surface area contributed by atoms with Gasteiger partial charge in [-0.3, -0.25) is 0 Å². The van der Waals surface area contributed by atoms with E-state index in [9.17, 15) is 0 Å². The van der Waals surface area contributed by atoms with Gasteiger partial charge < -0.3 is 0 Å². The molecular formula is C12H25N2. The first kappa shape index (κ1) is 12.0. The van der Waals surface area contributed by atoms with Gasteiger partial charge in [-0.2, -0.15) is 5.43 Å². The molecule has 2 heteroatoms. The lowest BCUT2D eigenvalue weighted by molar-refractivity contribution is 0.117. The third-order valence-electron chi connectivity index (χ3n) is 2.99. The van der Waals surface area contributed by atoms with Crippen LogP contribution in [0, 0.1) is 0 Å². The Labute approximate surface area is 89.0 Å². The maximum Gasteiger partial charge on any atom is 0.0304 e. The highest BCUT2D eigenvalue weighted by atomic mass is 15.5. The summed E-state index contributed by atoms with van der Waals surface area (Å²) >= 11 is 0. The summed E-state index contributed by atoms with van der Waals surface area (Å²) in [6.07, 6.45) is 9.32. The number of hydrogen-bond acceptors (Lipinski definition) is 1. The molecule has 1 fully saturated rings. The Balaban J connectivity index is 2.26. The molecule has 14 heavy (non-hydrogen) atoms. The van der Waals surface area contributed by atoms with Crippen LogP contribution in [-0.4, -0.2) is 24.1 Å². The lowest BCUT2D eigenvalue weighted by Crippen LogP contribution is -2.40. The van der Waals surface area contributed by atoms with Crippen molar-refractivity contribution in [3.05, 3.63) is 0 Å². The second kappa shape index (κ2) is 7.24. The minimum Gasteiger partial charge on any atom is -0.224 e. The van der Waals surface area contributed by atoms with Gasteiger partial charge in [-0.05, 0) is 25.7 Å². The first-order chi connectivity index (χ1) is 6.88. The van der Waals surface area contributed by atoms with Gasteiger partial charge in [-0.15, -0.1) is 0 Å². The summed E-state index contributed by atoms with van der Waals surface area (Å²) in [4.78, 5) is 0. The van der Waals surface area contributed by atoms with Crippen molar-refractivity contribution >= 4 is 0 Å². The Bertz CT molecular complexity index is 122. The molecule has 0 N–H and O–H groups in total. The van der Waals surface area contributed by atoms with Crippen LogP contribution in [0.4, 0.5) is 0 Å². The van der Waals surface area contributed by atoms with E-state index >= 15 is 0 Å². The van der Waals surface area contributed by atoms with Gasteiger partial charge in [0.1, 0.15) is 0 Å². The van der Waals surface area contributed by atoms with Gasteiger partial charge in [-0.25, -0.2) is 5.01 Å². The molecule has 0 aliphatic heterocycles. The molecule has 0 aromatic rings. The van der Waals surface area contributed by atoms with Crippen LogP contribution in [0.2, 0.25) is 0 Å². The van der Waals surface area contributed by atoms with E-state index in [1.807, 2.05) is 0 Å². The fourth-order valence-corrected chi connectivity index (χ4v) is 2.12. The molecule has 1 radical (unpaired) electrons. The van der Waals surface area contributed by atoms with Gasteiger partial charge >= 0.3 is 0 Å². The fourth-order valence-electron chi connectivity index (χ4n) is 2.12. The zero-order chi connectivity index (χ0) is 10.2. The van der Waals surface area contributed by atoms with E-state index < -0.39 is 0 Å². The van der Waals surface area contributed by atoms with Crippen molar-refractivity contribution in [3.8, 4) is 0 Å². The van der Waals surface area contributed by atoms with Crippen molar-refractivity contribution in [1.29, 1.82) is 0 Å². The summed E-state index contributed by atoms with van der Waals surface area (Å²) in [5.74, 6) is 0. The van der Waals surface area contributed by atoms with E-state index in [1.54, 1.807) is 0 Å². The molecule has 0 bridgehead atoms. The molecule has 0 heterocycles. The fraction of sp³-hybridized carbons (Fsp3) is 1.00. The second-order valence-corrected chi connectivity index (χ2v) is 4.32. The normalized spacial score (nSPS) is 18.2. The van der Waals surface area contributed by atoms with Gasteiger partial charge in [0.2, 0.25) is 0 Å². The Kier molecular flexibility index (Phi) is 6.20. The molecule has 2 nitrogen and oxygen atoms in total. The van der Waals surface area contributed by atoms with Crippen LogP contribution in [0.15, 0.2) is 0 Å². The van der Waals surface area contributed by atoms with E-state index in [4.69, 9.17) is 5.43 Å². The van der Waals surface area contributed by atoms with Crippen molar-refractivity contribution in [1.82, 2.24) is 10.4 Å². The molecule has 0 aromatic carbocycles. The van der Waals surface area contributed by atoms with Gasteiger partial charge in [-0.1, -0.05) is 33.1 Å². The zero-order valence-corrected chi connectivity index (χ0v) is 9.84. The largest absolute Gasteiger partial charge is 0.224 e. The summed E-state index contributed by atoms with van der Waals surface area (Å²) in [6, 6.07) is 0.771. The van der Waals surface area contributed by atoms with E-state index in [0.29, 0.717) is 0 Å². The maximum absolute atomic E-state index is 4.70. The highest BCUT2D eigenvalue weighted by molar-refractivity contribution is 4.74. The monoisotopic (exact) mass is 197 g/mol.